The lowest BCUT2D eigenvalue weighted by atomic mass is 10.3. The molecule has 134 valence electrons. The van der Waals surface area contributed by atoms with Gasteiger partial charge in [0.05, 0.1) is 26.6 Å². The molecule has 0 aliphatic heterocycles. The van der Waals surface area contributed by atoms with Gasteiger partial charge in [0.15, 0.2) is 0 Å². The van der Waals surface area contributed by atoms with Crippen molar-refractivity contribution in [2.75, 3.05) is 40.0 Å². The third-order valence-electron chi connectivity index (χ3n) is 3.41. The van der Waals surface area contributed by atoms with Crippen molar-refractivity contribution < 1.29 is 23.8 Å². The van der Waals surface area contributed by atoms with Gasteiger partial charge in [-0.1, -0.05) is 18.2 Å². The van der Waals surface area contributed by atoms with Crippen molar-refractivity contribution >= 4 is 11.9 Å². The molecule has 0 atom stereocenters. The summed E-state index contributed by atoms with van der Waals surface area (Å²) in [5.74, 6) is 0.382. The number of methoxy groups -OCH3 is 1. The first kappa shape index (κ1) is 20.0. The van der Waals surface area contributed by atoms with Crippen molar-refractivity contribution in [3.8, 4) is 5.75 Å². The van der Waals surface area contributed by atoms with E-state index in [1.807, 2.05) is 37.3 Å². The molecule has 0 unspecified atom stereocenters. The van der Waals surface area contributed by atoms with Crippen LogP contribution in [0.25, 0.3) is 0 Å². The molecule has 6 heteroatoms. The molecule has 6 nitrogen and oxygen atoms in total. The molecule has 0 aliphatic carbocycles. The fraction of sp³-hybridized carbons (Fsp3) is 0.556. The Balaban J connectivity index is 2.40. The summed E-state index contributed by atoms with van der Waals surface area (Å²) in [7, 11) is 1.34. The lowest BCUT2D eigenvalue weighted by Gasteiger charge is -2.22. The Morgan fingerprint density at radius 2 is 1.79 bits per heavy atom. The molecule has 1 aromatic carbocycles. The zero-order chi connectivity index (χ0) is 17.6. The Morgan fingerprint density at radius 1 is 1.04 bits per heavy atom. The third-order valence-corrected chi connectivity index (χ3v) is 3.41. The van der Waals surface area contributed by atoms with E-state index in [4.69, 9.17) is 9.47 Å². The molecule has 0 heterocycles. The number of ether oxygens (including phenoxy) is 3. The van der Waals surface area contributed by atoms with Crippen molar-refractivity contribution in [2.45, 2.75) is 26.2 Å². The summed E-state index contributed by atoms with van der Waals surface area (Å²) in [5.41, 5.74) is 0. The molecule has 0 N–H and O–H groups in total. The van der Waals surface area contributed by atoms with Crippen LogP contribution in [0.2, 0.25) is 0 Å². The van der Waals surface area contributed by atoms with E-state index in [2.05, 4.69) is 4.74 Å². The molecule has 1 rings (SSSR count). The monoisotopic (exact) mass is 337 g/mol. The maximum absolute atomic E-state index is 12.4. The average Bonchev–Trinajstić information content (AvgIpc) is 2.61. The fourth-order valence-corrected chi connectivity index (χ4v) is 2.12. The number of carbonyl (C=O) groups excluding carboxylic acids is 2. The van der Waals surface area contributed by atoms with Crippen LogP contribution in [-0.4, -0.2) is 56.8 Å². The van der Waals surface area contributed by atoms with E-state index in [0.717, 1.165) is 12.2 Å². The Bertz CT molecular complexity index is 478. The molecule has 0 radical (unpaired) electrons. The van der Waals surface area contributed by atoms with Gasteiger partial charge in [-0.2, -0.15) is 0 Å². The Labute approximate surface area is 143 Å². The van der Waals surface area contributed by atoms with E-state index < -0.39 is 0 Å². The van der Waals surface area contributed by atoms with Crippen molar-refractivity contribution in [1.82, 2.24) is 4.90 Å². The summed E-state index contributed by atoms with van der Waals surface area (Å²) in [6, 6.07) is 9.37. The standard InChI is InChI=1S/C18H27NO5/c1-3-23-14-7-12-19(13-10-18(21)22-2)17(20)11-15-24-16-8-5-4-6-9-16/h4-6,8-9H,3,7,10-15H2,1-2H3. The van der Waals surface area contributed by atoms with Crippen LogP contribution < -0.4 is 4.74 Å². The number of rotatable bonds is 12. The molecule has 0 fully saturated rings. The lowest BCUT2D eigenvalue weighted by Crippen LogP contribution is -2.35. The molecule has 24 heavy (non-hydrogen) atoms. The first-order valence-corrected chi connectivity index (χ1v) is 8.27. The molecule has 0 spiro atoms. The van der Waals surface area contributed by atoms with Gasteiger partial charge in [0.25, 0.3) is 0 Å². The van der Waals surface area contributed by atoms with Gasteiger partial charge in [0.1, 0.15) is 5.75 Å². The molecule has 0 aliphatic rings. The SMILES string of the molecule is CCOCCCN(CCC(=O)OC)C(=O)CCOc1ccccc1. The molecule has 1 aromatic rings. The van der Waals surface area contributed by atoms with Gasteiger partial charge in [0, 0.05) is 26.3 Å². The lowest BCUT2D eigenvalue weighted by molar-refractivity contribution is -0.141. The maximum Gasteiger partial charge on any atom is 0.307 e. The summed E-state index contributed by atoms with van der Waals surface area (Å²) < 4.78 is 15.5. The predicted molar refractivity (Wildman–Crippen MR) is 90.9 cm³/mol. The molecule has 0 saturated heterocycles. The number of carbonyl (C=O) groups is 2. The average molecular weight is 337 g/mol. The zero-order valence-corrected chi connectivity index (χ0v) is 14.5. The van der Waals surface area contributed by atoms with Crippen LogP contribution in [0.15, 0.2) is 30.3 Å². The maximum atomic E-state index is 12.4. The molecule has 0 bridgehead atoms. The Hall–Kier alpha value is -2.08. The topological polar surface area (TPSA) is 65.1 Å². The number of esters is 1. The summed E-state index contributed by atoms with van der Waals surface area (Å²) >= 11 is 0. The quantitative estimate of drug-likeness (QED) is 0.432. The summed E-state index contributed by atoms with van der Waals surface area (Å²) in [5, 5.41) is 0. The number of amides is 1. The van der Waals surface area contributed by atoms with Crippen LogP contribution in [0.1, 0.15) is 26.2 Å². The molecular weight excluding hydrogens is 310 g/mol. The zero-order valence-electron chi connectivity index (χ0n) is 14.5. The minimum absolute atomic E-state index is 0.0358. The summed E-state index contributed by atoms with van der Waals surface area (Å²) in [6.07, 6.45) is 1.20. The van der Waals surface area contributed by atoms with Crippen LogP contribution in [0, 0.1) is 0 Å². The number of benzene rings is 1. The number of hydrogen-bond acceptors (Lipinski definition) is 5. The highest BCUT2D eigenvalue weighted by Gasteiger charge is 2.15. The number of hydrogen-bond donors (Lipinski definition) is 0. The van der Waals surface area contributed by atoms with Crippen molar-refractivity contribution in [2.24, 2.45) is 0 Å². The normalized spacial score (nSPS) is 10.2. The van der Waals surface area contributed by atoms with Crippen molar-refractivity contribution in [3.05, 3.63) is 30.3 Å². The molecular formula is C18H27NO5. The van der Waals surface area contributed by atoms with Crippen LogP contribution >= 0.6 is 0 Å². The van der Waals surface area contributed by atoms with E-state index >= 15 is 0 Å². The van der Waals surface area contributed by atoms with Gasteiger partial charge >= 0.3 is 5.97 Å². The highest BCUT2D eigenvalue weighted by molar-refractivity contribution is 5.77. The van der Waals surface area contributed by atoms with E-state index in [9.17, 15) is 9.59 Å². The van der Waals surface area contributed by atoms with Gasteiger partial charge in [-0.05, 0) is 25.5 Å². The van der Waals surface area contributed by atoms with Gasteiger partial charge in [-0.25, -0.2) is 0 Å². The van der Waals surface area contributed by atoms with E-state index in [1.165, 1.54) is 7.11 Å². The van der Waals surface area contributed by atoms with Crippen molar-refractivity contribution in [1.29, 1.82) is 0 Å². The van der Waals surface area contributed by atoms with E-state index in [1.54, 1.807) is 4.90 Å². The van der Waals surface area contributed by atoms with Gasteiger partial charge in [0.2, 0.25) is 5.91 Å². The highest BCUT2D eigenvalue weighted by Crippen LogP contribution is 2.09. The minimum atomic E-state index is -0.321. The predicted octanol–water partition coefficient (Wildman–Crippen LogP) is 2.27. The summed E-state index contributed by atoms with van der Waals surface area (Å²) in [4.78, 5) is 25.3. The highest BCUT2D eigenvalue weighted by atomic mass is 16.5. The number of para-hydroxylation sites is 1. The van der Waals surface area contributed by atoms with Gasteiger partial charge in [-0.15, -0.1) is 0 Å². The first-order valence-electron chi connectivity index (χ1n) is 8.27. The molecule has 0 saturated carbocycles. The van der Waals surface area contributed by atoms with Crippen LogP contribution in [-0.2, 0) is 19.1 Å². The second kappa shape index (κ2) is 12.4. The van der Waals surface area contributed by atoms with Crippen molar-refractivity contribution in [3.63, 3.8) is 0 Å². The van der Waals surface area contributed by atoms with Crippen LogP contribution in [0.4, 0.5) is 0 Å². The molecule has 0 aromatic heterocycles. The minimum Gasteiger partial charge on any atom is -0.493 e. The van der Waals surface area contributed by atoms with Gasteiger partial charge < -0.3 is 19.1 Å². The van der Waals surface area contributed by atoms with E-state index in [0.29, 0.717) is 32.9 Å². The smallest absolute Gasteiger partial charge is 0.307 e. The second-order valence-electron chi connectivity index (χ2n) is 5.17. The Morgan fingerprint density at radius 3 is 2.46 bits per heavy atom. The van der Waals surface area contributed by atoms with Gasteiger partial charge in [-0.3, -0.25) is 9.59 Å². The van der Waals surface area contributed by atoms with Crippen LogP contribution in [0.5, 0.6) is 5.75 Å². The first-order chi connectivity index (χ1) is 11.7. The third kappa shape index (κ3) is 8.53. The second-order valence-corrected chi connectivity index (χ2v) is 5.17. The largest absolute Gasteiger partial charge is 0.493 e. The van der Waals surface area contributed by atoms with E-state index in [-0.39, 0.29) is 24.7 Å². The Kier molecular flexibility index (Phi) is 10.3. The van der Waals surface area contributed by atoms with Crippen LogP contribution in [0.3, 0.4) is 0 Å². The molecule has 1 amide bonds. The summed E-state index contributed by atoms with van der Waals surface area (Å²) in [6.45, 7) is 4.40. The number of nitrogens with zero attached hydrogens (tertiary/aromatic N) is 1. The fourth-order valence-electron chi connectivity index (χ4n) is 2.12.